The molecule has 2 rings (SSSR count). The van der Waals surface area contributed by atoms with Crippen LogP contribution in [0.4, 0.5) is 0 Å². The van der Waals surface area contributed by atoms with E-state index in [0.29, 0.717) is 5.56 Å². The first-order valence-corrected chi connectivity index (χ1v) is 7.53. The van der Waals surface area contributed by atoms with Crippen LogP contribution in [0, 0.1) is 0 Å². The molecule has 110 valence electrons. The van der Waals surface area contributed by atoms with E-state index >= 15 is 0 Å². The zero-order valence-corrected chi connectivity index (χ0v) is 13.1. The van der Waals surface area contributed by atoms with E-state index in [4.69, 9.17) is 10.6 Å². The van der Waals surface area contributed by atoms with Crippen LogP contribution in [0.3, 0.4) is 0 Å². The van der Waals surface area contributed by atoms with Gasteiger partial charge < -0.3 is 4.74 Å². The Labute approximate surface area is 127 Å². The number of hydrazine groups is 1. The van der Waals surface area contributed by atoms with Crippen molar-refractivity contribution in [2.75, 3.05) is 19.7 Å². The number of ether oxygens (including phenoxy) is 1. The molecule has 0 spiro atoms. The highest BCUT2D eigenvalue weighted by Crippen LogP contribution is 2.21. The SMILES string of the molecule is CC1CN(Cc2ccc(C(=O)NN)cc2Br)CCCO1. The number of carbonyl (C=O) groups is 1. The van der Waals surface area contributed by atoms with Crippen molar-refractivity contribution in [2.45, 2.75) is 26.0 Å². The molecule has 1 fully saturated rings. The minimum absolute atomic E-state index is 0.263. The van der Waals surface area contributed by atoms with Gasteiger partial charge in [-0.05, 0) is 31.0 Å². The number of hydrogen-bond donors (Lipinski definition) is 2. The Kier molecular flexibility index (Phi) is 5.54. The summed E-state index contributed by atoms with van der Waals surface area (Å²) in [6, 6.07) is 5.56. The van der Waals surface area contributed by atoms with Gasteiger partial charge in [0, 0.05) is 36.3 Å². The topological polar surface area (TPSA) is 67.6 Å². The fourth-order valence-corrected chi connectivity index (χ4v) is 2.87. The minimum atomic E-state index is -0.283. The number of hydrogen-bond acceptors (Lipinski definition) is 4. The van der Waals surface area contributed by atoms with Crippen molar-refractivity contribution in [2.24, 2.45) is 5.84 Å². The van der Waals surface area contributed by atoms with Crippen LogP contribution in [0.25, 0.3) is 0 Å². The van der Waals surface area contributed by atoms with Gasteiger partial charge in [0.1, 0.15) is 0 Å². The Bertz CT molecular complexity index is 481. The van der Waals surface area contributed by atoms with E-state index in [1.165, 1.54) is 0 Å². The van der Waals surface area contributed by atoms with Crippen molar-refractivity contribution < 1.29 is 9.53 Å². The molecule has 3 N–H and O–H groups in total. The van der Waals surface area contributed by atoms with E-state index in [1.807, 2.05) is 6.07 Å². The number of rotatable bonds is 3. The van der Waals surface area contributed by atoms with E-state index < -0.39 is 0 Å². The van der Waals surface area contributed by atoms with Crippen LogP contribution >= 0.6 is 15.9 Å². The van der Waals surface area contributed by atoms with Crippen molar-refractivity contribution in [3.63, 3.8) is 0 Å². The van der Waals surface area contributed by atoms with Gasteiger partial charge in [-0.3, -0.25) is 15.1 Å². The van der Waals surface area contributed by atoms with Gasteiger partial charge in [-0.25, -0.2) is 5.84 Å². The lowest BCUT2D eigenvalue weighted by Gasteiger charge is -2.22. The molecule has 1 heterocycles. The Balaban J connectivity index is 2.07. The molecule has 1 amide bonds. The third kappa shape index (κ3) is 4.02. The van der Waals surface area contributed by atoms with Crippen LogP contribution in [0.5, 0.6) is 0 Å². The largest absolute Gasteiger partial charge is 0.377 e. The second kappa shape index (κ2) is 7.17. The fraction of sp³-hybridized carbons (Fsp3) is 0.500. The summed E-state index contributed by atoms with van der Waals surface area (Å²) in [5.41, 5.74) is 3.85. The van der Waals surface area contributed by atoms with E-state index in [1.54, 1.807) is 12.1 Å². The molecule has 1 aliphatic rings. The molecule has 1 aromatic rings. The van der Waals surface area contributed by atoms with Gasteiger partial charge in [-0.15, -0.1) is 0 Å². The smallest absolute Gasteiger partial charge is 0.265 e. The van der Waals surface area contributed by atoms with Crippen molar-refractivity contribution >= 4 is 21.8 Å². The van der Waals surface area contributed by atoms with Gasteiger partial charge >= 0.3 is 0 Å². The summed E-state index contributed by atoms with van der Waals surface area (Å²) in [5, 5.41) is 0. The number of nitrogens with two attached hydrogens (primary N) is 1. The quantitative estimate of drug-likeness (QED) is 0.498. The van der Waals surface area contributed by atoms with Gasteiger partial charge in [-0.2, -0.15) is 0 Å². The first-order chi connectivity index (χ1) is 9.60. The van der Waals surface area contributed by atoms with Gasteiger partial charge in [0.25, 0.3) is 5.91 Å². The minimum Gasteiger partial charge on any atom is -0.377 e. The lowest BCUT2D eigenvalue weighted by Crippen LogP contribution is -2.31. The average Bonchev–Trinajstić information content (AvgIpc) is 2.64. The first-order valence-electron chi connectivity index (χ1n) is 6.73. The zero-order chi connectivity index (χ0) is 14.5. The van der Waals surface area contributed by atoms with E-state index in [-0.39, 0.29) is 12.0 Å². The monoisotopic (exact) mass is 341 g/mol. The fourth-order valence-electron chi connectivity index (χ4n) is 2.36. The molecule has 1 atom stereocenters. The second-order valence-corrected chi connectivity index (χ2v) is 5.90. The van der Waals surface area contributed by atoms with Crippen LogP contribution in [-0.2, 0) is 11.3 Å². The lowest BCUT2D eigenvalue weighted by molar-refractivity contribution is 0.0668. The highest BCUT2D eigenvalue weighted by atomic mass is 79.9. The molecule has 0 saturated carbocycles. The van der Waals surface area contributed by atoms with E-state index in [2.05, 4.69) is 33.2 Å². The Morgan fingerprint density at radius 2 is 2.40 bits per heavy atom. The summed E-state index contributed by atoms with van der Waals surface area (Å²) in [6.07, 6.45) is 1.31. The predicted molar refractivity (Wildman–Crippen MR) is 81.1 cm³/mol. The number of amides is 1. The number of benzene rings is 1. The van der Waals surface area contributed by atoms with Crippen LogP contribution in [0.15, 0.2) is 22.7 Å². The Hall–Kier alpha value is -0.950. The van der Waals surface area contributed by atoms with Gasteiger partial charge in [-0.1, -0.05) is 22.0 Å². The van der Waals surface area contributed by atoms with Crippen LogP contribution < -0.4 is 11.3 Å². The molecule has 1 aliphatic heterocycles. The number of carbonyl (C=O) groups excluding carboxylic acids is 1. The molecule has 1 unspecified atom stereocenters. The van der Waals surface area contributed by atoms with Gasteiger partial charge in [0.2, 0.25) is 0 Å². The van der Waals surface area contributed by atoms with Gasteiger partial charge in [0.15, 0.2) is 0 Å². The lowest BCUT2D eigenvalue weighted by atomic mass is 10.1. The molecule has 20 heavy (non-hydrogen) atoms. The maximum absolute atomic E-state index is 11.5. The summed E-state index contributed by atoms with van der Waals surface area (Å²) >= 11 is 3.53. The Morgan fingerprint density at radius 1 is 1.60 bits per heavy atom. The van der Waals surface area contributed by atoms with E-state index in [9.17, 15) is 4.79 Å². The molecule has 0 aliphatic carbocycles. The molecule has 5 nitrogen and oxygen atoms in total. The van der Waals surface area contributed by atoms with Gasteiger partial charge in [0.05, 0.1) is 6.10 Å². The van der Waals surface area contributed by atoms with E-state index in [0.717, 1.165) is 42.7 Å². The van der Waals surface area contributed by atoms with Crippen molar-refractivity contribution in [3.05, 3.63) is 33.8 Å². The summed E-state index contributed by atoms with van der Waals surface area (Å²) in [5.74, 6) is 4.85. The summed E-state index contributed by atoms with van der Waals surface area (Å²) in [6.45, 7) is 5.73. The molecule has 0 radical (unpaired) electrons. The summed E-state index contributed by atoms with van der Waals surface area (Å²) in [7, 11) is 0. The average molecular weight is 342 g/mol. The Morgan fingerprint density at radius 3 is 3.10 bits per heavy atom. The zero-order valence-electron chi connectivity index (χ0n) is 11.6. The number of nitrogen functional groups attached to an aromatic ring is 1. The normalized spacial score (nSPS) is 20.4. The first kappa shape index (κ1) is 15.4. The third-order valence-electron chi connectivity index (χ3n) is 3.38. The van der Waals surface area contributed by atoms with Crippen LogP contribution in [-0.4, -0.2) is 36.6 Å². The molecular weight excluding hydrogens is 322 g/mol. The molecule has 0 bridgehead atoms. The van der Waals surface area contributed by atoms with Crippen LogP contribution in [0.1, 0.15) is 29.3 Å². The number of nitrogens with one attached hydrogen (secondary N) is 1. The number of halogens is 1. The maximum Gasteiger partial charge on any atom is 0.265 e. The third-order valence-corrected chi connectivity index (χ3v) is 4.11. The maximum atomic E-state index is 11.5. The molecule has 0 aromatic heterocycles. The standard InChI is InChI=1S/C14H20BrN3O2/c1-10-8-18(5-2-6-20-10)9-12-4-3-11(7-13(12)15)14(19)17-16/h3-4,7,10H,2,5-6,8-9,16H2,1H3,(H,17,19). The molecule has 6 heteroatoms. The van der Waals surface area contributed by atoms with Crippen molar-refractivity contribution in [3.8, 4) is 0 Å². The highest BCUT2D eigenvalue weighted by Gasteiger charge is 2.16. The number of nitrogens with zero attached hydrogens (tertiary/aromatic N) is 1. The second-order valence-electron chi connectivity index (χ2n) is 5.05. The molecule has 1 aromatic carbocycles. The summed E-state index contributed by atoms with van der Waals surface area (Å²) in [4.78, 5) is 13.8. The molecular formula is C14H20BrN3O2. The highest BCUT2D eigenvalue weighted by molar-refractivity contribution is 9.10. The summed E-state index contributed by atoms with van der Waals surface area (Å²) < 4.78 is 6.57. The van der Waals surface area contributed by atoms with Crippen LogP contribution in [0.2, 0.25) is 0 Å². The predicted octanol–water partition coefficient (Wildman–Crippen LogP) is 1.66. The van der Waals surface area contributed by atoms with Crippen molar-refractivity contribution in [1.82, 2.24) is 10.3 Å². The molecule has 1 saturated heterocycles. The van der Waals surface area contributed by atoms with Crippen molar-refractivity contribution in [1.29, 1.82) is 0 Å².